The van der Waals surface area contributed by atoms with Crippen LogP contribution in [0.5, 0.6) is 0 Å². The van der Waals surface area contributed by atoms with Gasteiger partial charge in [0.2, 0.25) is 0 Å². The monoisotopic (exact) mass is 341 g/mol. The van der Waals surface area contributed by atoms with E-state index in [-0.39, 0.29) is 11.5 Å². The fourth-order valence-corrected chi connectivity index (χ4v) is 3.01. The number of aromatic nitrogens is 1. The van der Waals surface area contributed by atoms with Gasteiger partial charge in [0.1, 0.15) is 5.82 Å². The molecule has 5 nitrogen and oxygen atoms in total. The minimum Gasteiger partial charge on any atom is -0.338 e. The zero-order valence-electron chi connectivity index (χ0n) is 14.0. The number of nitrogens with zero attached hydrogens (tertiary/aromatic N) is 2. The number of rotatable bonds is 3. The molecule has 25 heavy (non-hydrogen) atoms. The van der Waals surface area contributed by atoms with Crippen LogP contribution in [0.3, 0.4) is 0 Å². The number of hydrogen-bond acceptors (Lipinski definition) is 3. The maximum atomic E-state index is 13.2. The molecular weight excluding hydrogens is 321 g/mol. The van der Waals surface area contributed by atoms with Crippen LogP contribution in [0.15, 0.2) is 42.7 Å². The van der Waals surface area contributed by atoms with Crippen molar-refractivity contribution in [2.75, 3.05) is 18.4 Å². The summed E-state index contributed by atoms with van der Waals surface area (Å²) in [6.07, 6.45) is 4.98. The number of pyridine rings is 1. The van der Waals surface area contributed by atoms with E-state index in [1.807, 2.05) is 0 Å². The smallest absolute Gasteiger partial charge is 0.257 e. The minimum atomic E-state index is -0.431. The predicted octanol–water partition coefficient (Wildman–Crippen LogP) is 3.35. The molecule has 1 saturated heterocycles. The van der Waals surface area contributed by atoms with E-state index in [0.717, 1.165) is 25.9 Å². The molecule has 130 valence electrons. The van der Waals surface area contributed by atoms with E-state index in [4.69, 9.17) is 0 Å². The number of piperidine rings is 1. The molecule has 0 saturated carbocycles. The zero-order chi connectivity index (χ0) is 17.8. The van der Waals surface area contributed by atoms with Gasteiger partial charge in [-0.1, -0.05) is 13.0 Å². The Hall–Kier alpha value is -2.76. The molecule has 1 fully saturated rings. The first kappa shape index (κ1) is 17.1. The Morgan fingerprint density at radius 3 is 2.80 bits per heavy atom. The summed E-state index contributed by atoms with van der Waals surface area (Å²) in [4.78, 5) is 30.8. The molecular formula is C19H20FN3O2. The average Bonchev–Trinajstić information content (AvgIpc) is 2.61. The highest BCUT2D eigenvalue weighted by Gasteiger charge is 2.23. The summed E-state index contributed by atoms with van der Waals surface area (Å²) in [6, 6.07) is 7.17. The van der Waals surface area contributed by atoms with Gasteiger partial charge in [-0.05, 0) is 43.0 Å². The molecule has 0 radical (unpaired) electrons. The number of carbonyl (C=O) groups is 2. The van der Waals surface area contributed by atoms with Crippen molar-refractivity contribution in [1.29, 1.82) is 0 Å². The molecule has 6 heteroatoms. The first-order valence-electron chi connectivity index (χ1n) is 8.34. The molecule has 0 bridgehead atoms. The molecule has 1 atom stereocenters. The van der Waals surface area contributed by atoms with Gasteiger partial charge in [0.25, 0.3) is 11.8 Å². The van der Waals surface area contributed by atoms with Gasteiger partial charge in [0, 0.05) is 31.2 Å². The molecule has 1 aliphatic rings. The van der Waals surface area contributed by atoms with E-state index in [9.17, 15) is 14.0 Å². The molecule has 0 aliphatic carbocycles. The van der Waals surface area contributed by atoms with E-state index in [1.165, 1.54) is 36.7 Å². The SMILES string of the molecule is CC1CCCN(C(=O)c2cncc(C(=O)Nc3cccc(F)c3)c2)C1. The van der Waals surface area contributed by atoms with Crippen molar-refractivity contribution in [3.8, 4) is 0 Å². The summed E-state index contributed by atoms with van der Waals surface area (Å²) in [7, 11) is 0. The van der Waals surface area contributed by atoms with Gasteiger partial charge in [-0.2, -0.15) is 0 Å². The van der Waals surface area contributed by atoms with Gasteiger partial charge >= 0.3 is 0 Å². The molecule has 1 unspecified atom stereocenters. The van der Waals surface area contributed by atoms with E-state index < -0.39 is 11.7 Å². The second kappa shape index (κ2) is 7.42. The van der Waals surface area contributed by atoms with Crippen molar-refractivity contribution in [3.63, 3.8) is 0 Å². The second-order valence-corrected chi connectivity index (χ2v) is 6.43. The molecule has 2 amide bonds. The molecule has 2 aromatic rings. The number of carbonyl (C=O) groups excluding carboxylic acids is 2. The van der Waals surface area contributed by atoms with Crippen LogP contribution in [-0.2, 0) is 0 Å². The molecule has 2 heterocycles. The molecule has 1 aromatic heterocycles. The maximum Gasteiger partial charge on any atom is 0.257 e. The summed E-state index contributed by atoms with van der Waals surface area (Å²) in [6.45, 7) is 3.57. The molecule has 0 spiro atoms. The lowest BCUT2D eigenvalue weighted by Crippen LogP contribution is -2.39. The van der Waals surface area contributed by atoms with Crippen molar-refractivity contribution >= 4 is 17.5 Å². The Labute approximate surface area is 145 Å². The highest BCUT2D eigenvalue weighted by atomic mass is 19.1. The number of benzene rings is 1. The van der Waals surface area contributed by atoms with Crippen LogP contribution in [0.4, 0.5) is 10.1 Å². The van der Waals surface area contributed by atoms with Gasteiger partial charge in [0.15, 0.2) is 0 Å². The van der Waals surface area contributed by atoms with Gasteiger partial charge in [-0.25, -0.2) is 4.39 Å². The highest BCUT2D eigenvalue weighted by Crippen LogP contribution is 2.18. The Kier molecular flexibility index (Phi) is 5.07. The Balaban J connectivity index is 1.74. The summed E-state index contributed by atoms with van der Waals surface area (Å²) in [5.41, 5.74) is 1.01. The van der Waals surface area contributed by atoms with Crippen molar-refractivity contribution in [1.82, 2.24) is 9.88 Å². The normalized spacial score (nSPS) is 17.2. The number of halogens is 1. The van der Waals surface area contributed by atoms with Gasteiger partial charge in [-0.15, -0.1) is 0 Å². The topological polar surface area (TPSA) is 62.3 Å². The summed E-state index contributed by atoms with van der Waals surface area (Å²) in [5.74, 6) is -0.497. The van der Waals surface area contributed by atoms with Crippen LogP contribution in [0.2, 0.25) is 0 Å². The zero-order valence-corrected chi connectivity index (χ0v) is 14.0. The molecule has 1 aliphatic heterocycles. The second-order valence-electron chi connectivity index (χ2n) is 6.43. The Bertz CT molecular complexity index is 794. The Morgan fingerprint density at radius 2 is 2.04 bits per heavy atom. The standard InChI is InChI=1S/C19H20FN3O2/c1-13-4-3-7-23(12-13)19(25)15-8-14(10-21-11-15)18(24)22-17-6-2-5-16(20)9-17/h2,5-6,8-11,13H,3-4,7,12H2,1H3,(H,22,24). The summed E-state index contributed by atoms with van der Waals surface area (Å²) < 4.78 is 13.2. The fraction of sp³-hybridized carbons (Fsp3) is 0.316. The van der Waals surface area contributed by atoms with E-state index in [0.29, 0.717) is 17.2 Å². The van der Waals surface area contributed by atoms with E-state index in [2.05, 4.69) is 17.2 Å². The lowest BCUT2D eigenvalue weighted by molar-refractivity contribution is 0.0682. The number of likely N-dealkylation sites (tertiary alicyclic amines) is 1. The third-order valence-electron chi connectivity index (χ3n) is 4.27. The van der Waals surface area contributed by atoms with Crippen molar-refractivity contribution < 1.29 is 14.0 Å². The Morgan fingerprint density at radius 1 is 1.24 bits per heavy atom. The van der Waals surface area contributed by atoms with Crippen LogP contribution in [0.1, 0.15) is 40.5 Å². The molecule has 1 N–H and O–H groups in total. The van der Waals surface area contributed by atoms with Crippen molar-refractivity contribution in [3.05, 3.63) is 59.7 Å². The van der Waals surface area contributed by atoms with Crippen LogP contribution >= 0.6 is 0 Å². The summed E-state index contributed by atoms with van der Waals surface area (Å²) in [5, 5.41) is 2.61. The number of nitrogens with one attached hydrogen (secondary N) is 1. The maximum absolute atomic E-state index is 13.2. The van der Waals surface area contributed by atoms with Crippen LogP contribution < -0.4 is 5.32 Å². The lowest BCUT2D eigenvalue weighted by Gasteiger charge is -2.30. The van der Waals surface area contributed by atoms with Crippen LogP contribution in [0, 0.1) is 11.7 Å². The number of amides is 2. The number of anilines is 1. The summed E-state index contributed by atoms with van der Waals surface area (Å²) >= 11 is 0. The number of hydrogen-bond donors (Lipinski definition) is 1. The van der Waals surface area contributed by atoms with Gasteiger partial charge < -0.3 is 10.2 Å². The largest absolute Gasteiger partial charge is 0.338 e. The first-order chi connectivity index (χ1) is 12.0. The highest BCUT2D eigenvalue weighted by molar-refractivity contribution is 6.05. The lowest BCUT2D eigenvalue weighted by atomic mass is 9.99. The predicted molar refractivity (Wildman–Crippen MR) is 92.9 cm³/mol. The van der Waals surface area contributed by atoms with Crippen molar-refractivity contribution in [2.45, 2.75) is 19.8 Å². The van der Waals surface area contributed by atoms with Crippen LogP contribution in [0.25, 0.3) is 0 Å². The molecule has 3 rings (SSSR count). The van der Waals surface area contributed by atoms with Gasteiger partial charge in [-0.3, -0.25) is 14.6 Å². The van der Waals surface area contributed by atoms with E-state index >= 15 is 0 Å². The quantitative estimate of drug-likeness (QED) is 0.931. The van der Waals surface area contributed by atoms with Gasteiger partial charge in [0.05, 0.1) is 11.1 Å². The third-order valence-corrected chi connectivity index (χ3v) is 4.27. The first-order valence-corrected chi connectivity index (χ1v) is 8.34. The fourth-order valence-electron chi connectivity index (χ4n) is 3.01. The molecule has 1 aromatic carbocycles. The average molecular weight is 341 g/mol. The minimum absolute atomic E-state index is 0.112. The van der Waals surface area contributed by atoms with Crippen molar-refractivity contribution in [2.24, 2.45) is 5.92 Å². The third kappa shape index (κ3) is 4.21. The van der Waals surface area contributed by atoms with Crippen LogP contribution in [-0.4, -0.2) is 34.8 Å². The van der Waals surface area contributed by atoms with E-state index in [1.54, 1.807) is 11.0 Å².